The number of ether oxygens (including phenoxy) is 2. The van der Waals surface area contributed by atoms with Crippen molar-refractivity contribution in [3.63, 3.8) is 0 Å². The van der Waals surface area contributed by atoms with Crippen LogP contribution in [0, 0.1) is 13.8 Å². The normalized spacial score (nSPS) is 10.7. The van der Waals surface area contributed by atoms with Crippen LogP contribution >= 0.6 is 15.9 Å². The quantitative estimate of drug-likeness (QED) is 0.342. The van der Waals surface area contributed by atoms with Crippen LogP contribution in [0.2, 0.25) is 0 Å². The molecule has 0 atom stereocenters. The van der Waals surface area contributed by atoms with Crippen LogP contribution in [0.5, 0.6) is 11.5 Å². The van der Waals surface area contributed by atoms with Crippen molar-refractivity contribution in [2.45, 2.75) is 13.8 Å². The van der Waals surface area contributed by atoms with Gasteiger partial charge in [-0.1, -0.05) is 34.1 Å². The molecule has 8 heteroatoms. The highest BCUT2D eigenvalue weighted by Gasteiger charge is 2.16. The minimum atomic E-state index is -0.459. The number of amides is 2. The Morgan fingerprint density at radius 3 is 2.33 bits per heavy atom. The molecule has 33 heavy (non-hydrogen) atoms. The van der Waals surface area contributed by atoms with E-state index < -0.39 is 11.8 Å². The fourth-order valence-corrected chi connectivity index (χ4v) is 3.42. The maximum Gasteiger partial charge on any atom is 0.273 e. The van der Waals surface area contributed by atoms with Crippen molar-refractivity contribution in [3.8, 4) is 11.5 Å². The second-order valence-electron chi connectivity index (χ2n) is 7.26. The van der Waals surface area contributed by atoms with E-state index in [0.29, 0.717) is 27.2 Å². The second-order valence-corrected chi connectivity index (χ2v) is 8.17. The molecule has 0 saturated heterocycles. The summed E-state index contributed by atoms with van der Waals surface area (Å²) in [6, 6.07) is 15.7. The molecule has 0 aromatic heterocycles. The van der Waals surface area contributed by atoms with Crippen LogP contribution in [-0.4, -0.2) is 32.2 Å². The van der Waals surface area contributed by atoms with Gasteiger partial charge in [0.1, 0.15) is 0 Å². The van der Waals surface area contributed by atoms with E-state index in [9.17, 15) is 9.59 Å². The molecule has 0 fully saturated rings. The van der Waals surface area contributed by atoms with Crippen molar-refractivity contribution in [2.24, 2.45) is 5.10 Å². The molecular weight excluding hydrogens is 486 g/mol. The van der Waals surface area contributed by atoms with E-state index in [1.54, 1.807) is 42.6 Å². The lowest BCUT2D eigenvalue weighted by atomic mass is 10.1. The number of anilines is 1. The van der Waals surface area contributed by atoms with Crippen molar-refractivity contribution in [1.82, 2.24) is 5.43 Å². The zero-order valence-corrected chi connectivity index (χ0v) is 20.3. The Hall–Kier alpha value is -3.65. The lowest BCUT2D eigenvalue weighted by molar-refractivity contribution is 0.0956. The van der Waals surface area contributed by atoms with Crippen molar-refractivity contribution in [2.75, 3.05) is 19.5 Å². The summed E-state index contributed by atoms with van der Waals surface area (Å²) in [6.07, 6.45) is 1.57. The highest BCUT2D eigenvalue weighted by Crippen LogP contribution is 2.28. The standard InChI is InChI=1S/C25H24BrN3O4/c1-15-5-6-17(11-16(15)2)14-27-29-25(31)20-13-19(26)8-9-21(20)28-24(30)18-7-10-22(32-3)23(12-18)33-4/h5-14H,1-4H3,(H,28,30)(H,29,31). The minimum absolute atomic E-state index is 0.260. The Labute approximate surface area is 200 Å². The minimum Gasteiger partial charge on any atom is -0.493 e. The van der Waals surface area contributed by atoms with Gasteiger partial charge in [0, 0.05) is 10.0 Å². The molecular formula is C25H24BrN3O4. The number of hydrogen-bond acceptors (Lipinski definition) is 5. The van der Waals surface area contributed by atoms with Gasteiger partial charge >= 0.3 is 0 Å². The van der Waals surface area contributed by atoms with Gasteiger partial charge in [0.05, 0.1) is 31.7 Å². The van der Waals surface area contributed by atoms with Gasteiger partial charge in [-0.05, 0) is 66.9 Å². The predicted octanol–water partition coefficient (Wildman–Crippen LogP) is 5.10. The monoisotopic (exact) mass is 509 g/mol. The van der Waals surface area contributed by atoms with E-state index in [0.717, 1.165) is 11.1 Å². The highest BCUT2D eigenvalue weighted by atomic mass is 79.9. The molecule has 0 aliphatic carbocycles. The average molecular weight is 510 g/mol. The zero-order valence-electron chi connectivity index (χ0n) is 18.7. The van der Waals surface area contributed by atoms with Crippen LogP contribution in [0.25, 0.3) is 0 Å². The molecule has 3 aromatic rings. The lowest BCUT2D eigenvalue weighted by Gasteiger charge is -2.12. The Morgan fingerprint density at radius 2 is 1.64 bits per heavy atom. The van der Waals surface area contributed by atoms with Crippen molar-refractivity contribution < 1.29 is 19.1 Å². The summed E-state index contributed by atoms with van der Waals surface area (Å²) in [7, 11) is 3.02. The molecule has 0 aliphatic heterocycles. The number of hydrazone groups is 1. The van der Waals surface area contributed by atoms with Crippen LogP contribution in [0.3, 0.4) is 0 Å². The molecule has 2 N–H and O–H groups in total. The molecule has 2 amide bonds. The summed E-state index contributed by atoms with van der Waals surface area (Å²) < 4.78 is 11.2. The van der Waals surface area contributed by atoms with Crippen molar-refractivity contribution in [3.05, 3.63) is 86.9 Å². The van der Waals surface area contributed by atoms with E-state index in [1.807, 2.05) is 32.0 Å². The second kappa shape index (κ2) is 10.8. The number of carbonyl (C=O) groups is 2. The first-order valence-electron chi connectivity index (χ1n) is 10.1. The molecule has 170 valence electrons. The first-order valence-corrected chi connectivity index (χ1v) is 10.8. The van der Waals surface area contributed by atoms with Crippen LogP contribution in [0.1, 0.15) is 37.4 Å². The summed E-state index contributed by atoms with van der Waals surface area (Å²) in [5.74, 6) is 0.0870. The zero-order chi connectivity index (χ0) is 24.0. The Bertz CT molecular complexity index is 1220. The van der Waals surface area contributed by atoms with Gasteiger partial charge in [-0.25, -0.2) is 5.43 Å². The maximum absolute atomic E-state index is 12.8. The molecule has 3 aromatic carbocycles. The van der Waals surface area contributed by atoms with E-state index in [2.05, 4.69) is 31.8 Å². The molecule has 7 nitrogen and oxygen atoms in total. The van der Waals surface area contributed by atoms with Crippen LogP contribution in [0.15, 0.2) is 64.2 Å². The maximum atomic E-state index is 12.8. The van der Waals surface area contributed by atoms with E-state index in [4.69, 9.17) is 9.47 Å². The fraction of sp³-hybridized carbons (Fsp3) is 0.160. The van der Waals surface area contributed by atoms with E-state index in [1.165, 1.54) is 19.8 Å². The van der Waals surface area contributed by atoms with Crippen molar-refractivity contribution >= 4 is 39.6 Å². The van der Waals surface area contributed by atoms with Gasteiger partial charge in [0.25, 0.3) is 11.8 Å². The SMILES string of the molecule is COc1ccc(C(=O)Nc2ccc(Br)cc2C(=O)NN=Cc2ccc(C)c(C)c2)cc1OC. The number of nitrogens with one attached hydrogen (secondary N) is 2. The highest BCUT2D eigenvalue weighted by molar-refractivity contribution is 9.10. The van der Waals surface area contributed by atoms with Crippen LogP contribution in [-0.2, 0) is 0 Å². The molecule has 3 rings (SSSR count). The Morgan fingerprint density at radius 1 is 0.879 bits per heavy atom. The number of methoxy groups -OCH3 is 2. The van der Waals surface area contributed by atoms with E-state index >= 15 is 0 Å². The summed E-state index contributed by atoms with van der Waals surface area (Å²) in [4.78, 5) is 25.6. The number of halogens is 1. The largest absolute Gasteiger partial charge is 0.493 e. The lowest BCUT2D eigenvalue weighted by Crippen LogP contribution is -2.21. The molecule has 0 bridgehead atoms. The summed E-state index contributed by atoms with van der Waals surface area (Å²) in [6.45, 7) is 4.04. The number of rotatable bonds is 7. The van der Waals surface area contributed by atoms with Crippen molar-refractivity contribution in [1.29, 1.82) is 0 Å². The van der Waals surface area contributed by atoms with Gasteiger partial charge in [-0.3, -0.25) is 9.59 Å². The molecule has 0 saturated carbocycles. The third-order valence-corrected chi connectivity index (χ3v) is 5.52. The number of benzene rings is 3. The molecule has 0 unspecified atom stereocenters. The van der Waals surface area contributed by atoms with Gasteiger partial charge in [-0.15, -0.1) is 0 Å². The molecule has 0 spiro atoms. The smallest absolute Gasteiger partial charge is 0.273 e. The molecule has 0 aliphatic rings. The predicted molar refractivity (Wildman–Crippen MR) is 133 cm³/mol. The van der Waals surface area contributed by atoms with Crippen LogP contribution < -0.4 is 20.2 Å². The van der Waals surface area contributed by atoms with Crippen LogP contribution in [0.4, 0.5) is 5.69 Å². The molecule has 0 heterocycles. The first kappa shape index (κ1) is 24.0. The summed E-state index contributed by atoms with van der Waals surface area (Å²) in [5, 5.41) is 6.83. The number of carbonyl (C=O) groups excluding carboxylic acids is 2. The Kier molecular flexibility index (Phi) is 7.84. The van der Waals surface area contributed by atoms with Gasteiger partial charge < -0.3 is 14.8 Å². The summed E-state index contributed by atoms with van der Waals surface area (Å²) >= 11 is 3.37. The van der Waals surface area contributed by atoms with E-state index in [-0.39, 0.29) is 5.56 Å². The van der Waals surface area contributed by atoms with Gasteiger partial charge in [0.15, 0.2) is 11.5 Å². The third kappa shape index (κ3) is 5.98. The first-order chi connectivity index (χ1) is 15.8. The number of hydrogen-bond donors (Lipinski definition) is 2. The average Bonchev–Trinajstić information content (AvgIpc) is 2.81. The number of nitrogens with zero attached hydrogens (tertiary/aromatic N) is 1. The summed E-state index contributed by atoms with van der Waals surface area (Å²) in [5.41, 5.74) is 6.66. The van der Waals surface area contributed by atoms with Gasteiger partial charge in [-0.2, -0.15) is 5.10 Å². The number of aryl methyl sites for hydroxylation is 2. The molecule has 0 radical (unpaired) electrons. The van der Waals surface area contributed by atoms with Gasteiger partial charge in [0.2, 0.25) is 0 Å². The topological polar surface area (TPSA) is 89.0 Å². The fourth-order valence-electron chi connectivity index (χ4n) is 3.06. The Balaban J connectivity index is 1.78. The third-order valence-electron chi connectivity index (χ3n) is 5.03.